The van der Waals surface area contributed by atoms with E-state index in [1.165, 1.54) is 12.0 Å². The molecular formula is C14H22. The summed E-state index contributed by atoms with van der Waals surface area (Å²) in [6.45, 7) is 14.2. The van der Waals surface area contributed by atoms with Crippen LogP contribution in [0.2, 0.25) is 0 Å². The van der Waals surface area contributed by atoms with E-state index in [-0.39, 0.29) is 0 Å². The molecule has 0 saturated heterocycles. The molecule has 0 heterocycles. The largest absolute Gasteiger partial charge is 0.0961 e. The summed E-state index contributed by atoms with van der Waals surface area (Å²) < 4.78 is 0. The van der Waals surface area contributed by atoms with Gasteiger partial charge in [0.1, 0.15) is 0 Å². The zero-order valence-corrected chi connectivity index (χ0v) is 9.77. The Hall–Kier alpha value is -1.04. The Morgan fingerprint density at radius 2 is 1.79 bits per heavy atom. The molecule has 0 aromatic carbocycles. The van der Waals surface area contributed by atoms with Crippen LogP contribution in [0.5, 0.6) is 0 Å². The van der Waals surface area contributed by atoms with Gasteiger partial charge in [-0.05, 0) is 30.9 Å². The fraction of sp³-hybridized carbons (Fsp3) is 0.429. The lowest BCUT2D eigenvalue weighted by molar-refractivity contribution is 0.909. The minimum Gasteiger partial charge on any atom is -0.0961 e. The van der Waals surface area contributed by atoms with Crippen LogP contribution in [-0.4, -0.2) is 0 Å². The molecule has 0 unspecified atom stereocenters. The molecular weight excluding hydrogens is 168 g/mol. The quantitative estimate of drug-likeness (QED) is 0.527. The van der Waals surface area contributed by atoms with Crippen molar-refractivity contribution in [3.63, 3.8) is 0 Å². The summed E-state index contributed by atoms with van der Waals surface area (Å²) in [5.41, 5.74) is 3.56. The second kappa shape index (κ2) is 7.37. The van der Waals surface area contributed by atoms with Crippen molar-refractivity contribution in [1.82, 2.24) is 0 Å². The molecule has 0 atom stereocenters. The average molecular weight is 190 g/mol. The van der Waals surface area contributed by atoms with E-state index < -0.39 is 0 Å². The molecule has 0 nitrogen and oxygen atoms in total. The minimum atomic E-state index is 1.07. The highest BCUT2D eigenvalue weighted by molar-refractivity contribution is 5.39. The molecule has 0 rings (SSSR count). The van der Waals surface area contributed by atoms with Crippen molar-refractivity contribution in [2.75, 3.05) is 0 Å². The van der Waals surface area contributed by atoms with Crippen molar-refractivity contribution in [3.05, 3.63) is 48.1 Å². The van der Waals surface area contributed by atoms with Crippen LogP contribution in [0.3, 0.4) is 0 Å². The molecule has 0 heteroatoms. The van der Waals surface area contributed by atoms with Gasteiger partial charge in [-0.3, -0.25) is 0 Å². The molecule has 0 radical (unpaired) electrons. The van der Waals surface area contributed by atoms with E-state index in [0.29, 0.717) is 0 Å². The van der Waals surface area contributed by atoms with Gasteiger partial charge in [-0.1, -0.05) is 57.2 Å². The maximum Gasteiger partial charge on any atom is -0.0279 e. The molecule has 0 fully saturated rings. The first-order valence-corrected chi connectivity index (χ1v) is 5.33. The number of hydrogen-bond donors (Lipinski definition) is 0. The van der Waals surface area contributed by atoms with Crippen LogP contribution in [0.4, 0.5) is 0 Å². The van der Waals surface area contributed by atoms with Crippen LogP contribution in [0, 0.1) is 0 Å². The molecule has 0 aromatic heterocycles. The highest BCUT2D eigenvalue weighted by Gasteiger charge is 1.97. The van der Waals surface area contributed by atoms with Crippen molar-refractivity contribution in [1.29, 1.82) is 0 Å². The second-order valence-corrected chi connectivity index (χ2v) is 3.59. The summed E-state index contributed by atoms with van der Waals surface area (Å²) in [5.74, 6) is 0. The second-order valence-electron chi connectivity index (χ2n) is 3.59. The molecule has 14 heavy (non-hydrogen) atoms. The van der Waals surface area contributed by atoms with Crippen LogP contribution in [0.15, 0.2) is 48.1 Å². The van der Waals surface area contributed by atoms with Gasteiger partial charge in [-0.15, -0.1) is 0 Å². The van der Waals surface area contributed by atoms with E-state index >= 15 is 0 Å². The van der Waals surface area contributed by atoms with Gasteiger partial charge in [0.25, 0.3) is 0 Å². The zero-order valence-electron chi connectivity index (χ0n) is 9.77. The molecule has 0 N–H and O–H groups in total. The van der Waals surface area contributed by atoms with Gasteiger partial charge in [0.2, 0.25) is 0 Å². The standard InChI is InChI=1S/C14H22/c1-6-8-14(9-7-2)13(5)11-10-12(3)4/h8,10-11H,3,5-7,9H2,1-2,4H3/b11-10-,14-8+. The first-order chi connectivity index (χ1) is 6.61. The lowest BCUT2D eigenvalue weighted by atomic mass is 10.0. The smallest absolute Gasteiger partial charge is 0.0279 e. The van der Waals surface area contributed by atoms with Crippen LogP contribution in [-0.2, 0) is 0 Å². The normalized spacial score (nSPS) is 12.1. The van der Waals surface area contributed by atoms with Crippen LogP contribution in [0.25, 0.3) is 0 Å². The average Bonchev–Trinajstić information content (AvgIpc) is 2.14. The molecule has 78 valence electrons. The number of rotatable bonds is 6. The molecule has 0 bridgehead atoms. The maximum atomic E-state index is 4.07. The summed E-state index contributed by atoms with van der Waals surface area (Å²) in [4.78, 5) is 0. The Bertz CT molecular complexity index is 251. The van der Waals surface area contributed by atoms with Gasteiger partial charge in [-0.2, -0.15) is 0 Å². The van der Waals surface area contributed by atoms with Crippen molar-refractivity contribution >= 4 is 0 Å². The molecule has 0 spiro atoms. The molecule has 0 aliphatic carbocycles. The Kier molecular flexibility index (Phi) is 6.82. The maximum absolute atomic E-state index is 4.07. The molecule has 0 saturated carbocycles. The lowest BCUT2D eigenvalue weighted by Crippen LogP contribution is -1.85. The SMILES string of the molecule is C=C(C)/C=C\C(=C)/C(=C/CC)CCC. The fourth-order valence-electron chi connectivity index (χ4n) is 1.26. The van der Waals surface area contributed by atoms with Crippen LogP contribution in [0.1, 0.15) is 40.0 Å². The predicted octanol–water partition coefficient (Wildman–Crippen LogP) is 4.81. The summed E-state index contributed by atoms with van der Waals surface area (Å²) in [7, 11) is 0. The lowest BCUT2D eigenvalue weighted by Gasteiger charge is -2.05. The van der Waals surface area contributed by atoms with E-state index in [1.54, 1.807) is 0 Å². The van der Waals surface area contributed by atoms with Crippen molar-refractivity contribution in [3.8, 4) is 0 Å². The summed E-state index contributed by atoms with van der Waals surface area (Å²) in [5, 5.41) is 0. The topological polar surface area (TPSA) is 0 Å². The van der Waals surface area contributed by atoms with Gasteiger partial charge < -0.3 is 0 Å². The Morgan fingerprint density at radius 3 is 2.21 bits per heavy atom. The molecule has 0 aromatic rings. The van der Waals surface area contributed by atoms with Crippen molar-refractivity contribution in [2.45, 2.75) is 40.0 Å². The van der Waals surface area contributed by atoms with Crippen LogP contribution < -0.4 is 0 Å². The number of allylic oxidation sites excluding steroid dienone is 6. The van der Waals surface area contributed by atoms with Gasteiger partial charge >= 0.3 is 0 Å². The van der Waals surface area contributed by atoms with Crippen molar-refractivity contribution in [2.24, 2.45) is 0 Å². The highest BCUT2D eigenvalue weighted by atomic mass is 14.0. The first-order valence-electron chi connectivity index (χ1n) is 5.33. The van der Waals surface area contributed by atoms with Crippen LogP contribution >= 0.6 is 0 Å². The molecule has 0 amide bonds. The Labute approximate surface area is 88.7 Å². The van der Waals surface area contributed by atoms with E-state index in [1.807, 2.05) is 13.0 Å². The predicted molar refractivity (Wildman–Crippen MR) is 66.4 cm³/mol. The monoisotopic (exact) mass is 190 g/mol. The molecule has 0 aliphatic rings. The highest BCUT2D eigenvalue weighted by Crippen LogP contribution is 2.16. The molecule has 0 aliphatic heterocycles. The Morgan fingerprint density at radius 1 is 1.14 bits per heavy atom. The van der Waals surface area contributed by atoms with E-state index in [0.717, 1.165) is 24.0 Å². The van der Waals surface area contributed by atoms with E-state index in [9.17, 15) is 0 Å². The van der Waals surface area contributed by atoms with Gasteiger partial charge in [-0.25, -0.2) is 0 Å². The fourth-order valence-corrected chi connectivity index (χ4v) is 1.26. The van der Waals surface area contributed by atoms with Crippen molar-refractivity contribution < 1.29 is 0 Å². The summed E-state index contributed by atoms with van der Waals surface area (Å²) >= 11 is 0. The van der Waals surface area contributed by atoms with Gasteiger partial charge in [0.05, 0.1) is 0 Å². The third kappa shape index (κ3) is 5.58. The number of hydrogen-bond acceptors (Lipinski definition) is 0. The zero-order chi connectivity index (χ0) is 11.0. The third-order valence-electron chi connectivity index (χ3n) is 1.95. The van der Waals surface area contributed by atoms with E-state index in [4.69, 9.17) is 0 Å². The van der Waals surface area contributed by atoms with Gasteiger partial charge in [0.15, 0.2) is 0 Å². The summed E-state index contributed by atoms with van der Waals surface area (Å²) in [6.07, 6.45) is 9.70. The summed E-state index contributed by atoms with van der Waals surface area (Å²) in [6, 6.07) is 0. The third-order valence-corrected chi connectivity index (χ3v) is 1.95. The first kappa shape index (κ1) is 13.0. The van der Waals surface area contributed by atoms with Gasteiger partial charge in [0, 0.05) is 0 Å². The minimum absolute atomic E-state index is 1.07. The van der Waals surface area contributed by atoms with E-state index in [2.05, 4.69) is 39.2 Å². The Balaban J connectivity index is 4.45.